The lowest BCUT2D eigenvalue weighted by atomic mass is 10.2. The molecule has 1 saturated heterocycles. The number of phenolic OH excluding ortho intramolecular Hbond substituents is 1. The summed E-state index contributed by atoms with van der Waals surface area (Å²) in [5.74, 6) is 0.268. The van der Waals surface area contributed by atoms with E-state index < -0.39 is 0 Å². The van der Waals surface area contributed by atoms with E-state index in [-0.39, 0.29) is 5.75 Å². The van der Waals surface area contributed by atoms with Crippen molar-refractivity contribution in [1.29, 1.82) is 0 Å². The maximum Gasteiger partial charge on any atom is 0.125 e. The van der Waals surface area contributed by atoms with E-state index in [9.17, 15) is 5.11 Å². The zero-order valence-corrected chi connectivity index (χ0v) is 11.4. The second kappa shape index (κ2) is 6.17. The van der Waals surface area contributed by atoms with E-state index in [2.05, 4.69) is 25.8 Å². The fourth-order valence-electron chi connectivity index (χ4n) is 1.99. The molecular weight excluding hydrogens is 280 g/mol. The van der Waals surface area contributed by atoms with Crippen molar-refractivity contribution in [3.63, 3.8) is 0 Å². The Labute approximate surface area is 110 Å². The van der Waals surface area contributed by atoms with Gasteiger partial charge in [-0.1, -0.05) is 15.9 Å². The number of halogens is 1. The summed E-state index contributed by atoms with van der Waals surface area (Å²) in [6, 6.07) is 5.45. The first kappa shape index (κ1) is 12.6. The molecule has 0 aromatic heterocycles. The average Bonchev–Trinajstić information content (AvgIpc) is 2.79. The van der Waals surface area contributed by atoms with E-state index in [1.165, 1.54) is 25.9 Å². The molecule has 0 aliphatic carbocycles. The van der Waals surface area contributed by atoms with Crippen LogP contribution in [0, 0.1) is 0 Å². The van der Waals surface area contributed by atoms with Gasteiger partial charge in [-0.3, -0.25) is 4.99 Å². The molecule has 1 heterocycles. The van der Waals surface area contributed by atoms with Crippen LogP contribution in [0.4, 0.5) is 0 Å². The summed E-state index contributed by atoms with van der Waals surface area (Å²) in [7, 11) is 0. The molecule has 92 valence electrons. The van der Waals surface area contributed by atoms with Gasteiger partial charge in [0.15, 0.2) is 0 Å². The molecule has 1 aliphatic rings. The molecule has 0 radical (unpaired) electrons. The number of hydrogen-bond donors (Lipinski definition) is 1. The Morgan fingerprint density at radius 3 is 2.82 bits per heavy atom. The first-order valence-corrected chi connectivity index (χ1v) is 6.76. The van der Waals surface area contributed by atoms with Crippen LogP contribution >= 0.6 is 15.9 Å². The minimum atomic E-state index is 0.268. The zero-order valence-electron chi connectivity index (χ0n) is 9.77. The Kier molecular flexibility index (Phi) is 4.57. The molecule has 0 spiro atoms. The molecule has 2 rings (SSSR count). The van der Waals surface area contributed by atoms with Gasteiger partial charge in [0, 0.05) is 22.8 Å². The molecule has 3 nitrogen and oxygen atoms in total. The van der Waals surface area contributed by atoms with Crippen LogP contribution in [-0.4, -0.2) is 42.4 Å². The summed E-state index contributed by atoms with van der Waals surface area (Å²) in [5, 5.41) is 9.67. The molecule has 4 heteroatoms. The van der Waals surface area contributed by atoms with E-state index in [0.29, 0.717) is 0 Å². The van der Waals surface area contributed by atoms with Gasteiger partial charge in [0.2, 0.25) is 0 Å². The van der Waals surface area contributed by atoms with E-state index in [1.54, 1.807) is 12.3 Å². The van der Waals surface area contributed by atoms with Gasteiger partial charge in [-0.25, -0.2) is 0 Å². The molecule has 0 atom stereocenters. The lowest BCUT2D eigenvalue weighted by Gasteiger charge is -2.11. The van der Waals surface area contributed by atoms with Crippen molar-refractivity contribution in [2.24, 2.45) is 4.99 Å². The molecule has 0 unspecified atom stereocenters. The van der Waals surface area contributed by atoms with Gasteiger partial charge in [0.05, 0.1) is 6.54 Å². The van der Waals surface area contributed by atoms with Crippen LogP contribution in [0.5, 0.6) is 5.75 Å². The number of benzene rings is 1. The molecule has 1 aromatic carbocycles. The molecule has 17 heavy (non-hydrogen) atoms. The minimum absolute atomic E-state index is 0.268. The fraction of sp³-hybridized carbons (Fsp3) is 0.462. The van der Waals surface area contributed by atoms with Gasteiger partial charge in [0.25, 0.3) is 0 Å². The highest BCUT2D eigenvalue weighted by Gasteiger charge is 2.09. The summed E-state index contributed by atoms with van der Waals surface area (Å²) in [5.41, 5.74) is 0.773. The third-order valence-electron chi connectivity index (χ3n) is 2.97. The van der Waals surface area contributed by atoms with Gasteiger partial charge < -0.3 is 10.0 Å². The van der Waals surface area contributed by atoms with Crippen LogP contribution in [-0.2, 0) is 0 Å². The highest BCUT2D eigenvalue weighted by molar-refractivity contribution is 9.10. The van der Waals surface area contributed by atoms with Crippen LogP contribution < -0.4 is 0 Å². The van der Waals surface area contributed by atoms with Crippen LogP contribution in [0.1, 0.15) is 18.4 Å². The smallest absolute Gasteiger partial charge is 0.125 e. The highest BCUT2D eigenvalue weighted by Crippen LogP contribution is 2.20. The Balaban J connectivity index is 1.82. The van der Waals surface area contributed by atoms with E-state index in [0.717, 1.165) is 23.1 Å². The normalized spacial score (nSPS) is 17.0. The summed E-state index contributed by atoms with van der Waals surface area (Å²) in [4.78, 5) is 6.78. The maximum atomic E-state index is 9.67. The lowest BCUT2D eigenvalue weighted by Crippen LogP contribution is -2.22. The number of nitrogens with zero attached hydrogens (tertiary/aromatic N) is 2. The van der Waals surface area contributed by atoms with Gasteiger partial charge >= 0.3 is 0 Å². The Morgan fingerprint density at radius 2 is 2.12 bits per heavy atom. The van der Waals surface area contributed by atoms with Crippen LogP contribution in [0.15, 0.2) is 27.7 Å². The van der Waals surface area contributed by atoms with E-state index in [4.69, 9.17) is 0 Å². The molecule has 0 saturated carbocycles. The second-order valence-corrected chi connectivity index (χ2v) is 5.20. The molecule has 1 N–H and O–H groups in total. The minimum Gasteiger partial charge on any atom is -0.507 e. The standard InChI is InChI=1S/C13H17BrN2O/c14-12-4-3-11(13(17)9-12)10-15-5-8-16-6-1-2-7-16/h3-4,9-10,17H,1-2,5-8H2. The van der Waals surface area contributed by atoms with Gasteiger partial charge in [-0.05, 0) is 44.1 Å². The number of aliphatic imine (C=N–C) groups is 1. The fourth-order valence-corrected chi connectivity index (χ4v) is 2.34. The number of likely N-dealkylation sites (tertiary alicyclic amines) is 1. The number of rotatable bonds is 4. The van der Waals surface area contributed by atoms with Crippen molar-refractivity contribution in [1.82, 2.24) is 4.90 Å². The van der Waals surface area contributed by atoms with Gasteiger partial charge in [-0.2, -0.15) is 0 Å². The quantitative estimate of drug-likeness (QED) is 0.867. The Bertz CT molecular complexity index is 400. The van der Waals surface area contributed by atoms with Crippen molar-refractivity contribution in [2.45, 2.75) is 12.8 Å². The Morgan fingerprint density at radius 1 is 1.35 bits per heavy atom. The number of aromatic hydroxyl groups is 1. The molecule has 1 aliphatic heterocycles. The largest absolute Gasteiger partial charge is 0.507 e. The predicted octanol–water partition coefficient (Wildman–Crippen LogP) is 2.67. The van der Waals surface area contributed by atoms with Crippen LogP contribution in [0.2, 0.25) is 0 Å². The van der Waals surface area contributed by atoms with Crippen molar-refractivity contribution in [3.8, 4) is 5.75 Å². The first-order valence-electron chi connectivity index (χ1n) is 5.96. The molecule has 1 aromatic rings. The summed E-state index contributed by atoms with van der Waals surface area (Å²) in [6.45, 7) is 4.24. The number of phenols is 1. The van der Waals surface area contributed by atoms with Crippen molar-refractivity contribution in [3.05, 3.63) is 28.2 Å². The first-order chi connectivity index (χ1) is 8.25. The monoisotopic (exact) mass is 296 g/mol. The predicted molar refractivity (Wildman–Crippen MR) is 73.9 cm³/mol. The van der Waals surface area contributed by atoms with Gasteiger partial charge in [-0.15, -0.1) is 0 Å². The van der Waals surface area contributed by atoms with Crippen LogP contribution in [0.25, 0.3) is 0 Å². The maximum absolute atomic E-state index is 9.67. The zero-order chi connectivity index (χ0) is 12.1. The van der Waals surface area contributed by atoms with E-state index >= 15 is 0 Å². The molecular formula is C13H17BrN2O. The molecule has 1 fully saturated rings. The Hall–Kier alpha value is -0.870. The summed E-state index contributed by atoms with van der Waals surface area (Å²) >= 11 is 3.31. The van der Waals surface area contributed by atoms with Crippen molar-refractivity contribution in [2.75, 3.05) is 26.2 Å². The van der Waals surface area contributed by atoms with Crippen LogP contribution in [0.3, 0.4) is 0 Å². The van der Waals surface area contributed by atoms with E-state index in [1.807, 2.05) is 12.1 Å². The highest BCUT2D eigenvalue weighted by atomic mass is 79.9. The SMILES string of the molecule is Oc1cc(Br)ccc1C=NCCN1CCCC1. The summed E-state index contributed by atoms with van der Waals surface area (Å²) < 4.78 is 0.879. The summed E-state index contributed by atoms with van der Waals surface area (Å²) in [6.07, 6.45) is 4.38. The third-order valence-corrected chi connectivity index (χ3v) is 3.46. The molecule has 0 bridgehead atoms. The van der Waals surface area contributed by atoms with Crippen molar-refractivity contribution < 1.29 is 5.11 Å². The average molecular weight is 297 g/mol. The molecule has 0 amide bonds. The van der Waals surface area contributed by atoms with Gasteiger partial charge in [0.1, 0.15) is 5.75 Å². The van der Waals surface area contributed by atoms with Crippen molar-refractivity contribution >= 4 is 22.1 Å². The third kappa shape index (κ3) is 3.82. The topological polar surface area (TPSA) is 35.8 Å². The lowest BCUT2D eigenvalue weighted by molar-refractivity contribution is 0.349. The second-order valence-electron chi connectivity index (χ2n) is 4.29. The number of hydrogen-bond acceptors (Lipinski definition) is 3.